The quantitative estimate of drug-likeness (QED) is 0.663. The van der Waals surface area contributed by atoms with Crippen LogP contribution < -0.4 is 5.32 Å². The molecule has 0 unspecified atom stereocenters. The van der Waals surface area contributed by atoms with Crippen molar-refractivity contribution in [2.75, 3.05) is 19.6 Å². The second-order valence-corrected chi connectivity index (χ2v) is 4.94. The zero-order chi connectivity index (χ0) is 9.31. The Hall–Kier alpha value is -0.0800. The molecule has 2 rings (SSSR count). The summed E-state index contributed by atoms with van der Waals surface area (Å²) in [6.45, 7) is 8.48. The molecule has 13 heavy (non-hydrogen) atoms. The molecule has 0 radical (unpaired) electrons. The first-order chi connectivity index (χ1) is 6.22. The van der Waals surface area contributed by atoms with Gasteiger partial charge in [-0.2, -0.15) is 0 Å². The largest absolute Gasteiger partial charge is 0.311 e. The van der Waals surface area contributed by atoms with Crippen LogP contribution in [0.4, 0.5) is 0 Å². The van der Waals surface area contributed by atoms with Crippen molar-refractivity contribution in [2.24, 2.45) is 0 Å². The van der Waals surface area contributed by atoms with Crippen molar-refractivity contribution in [3.63, 3.8) is 0 Å². The normalized spacial score (nSPS) is 36.2. The topological polar surface area (TPSA) is 15.3 Å². The predicted molar refractivity (Wildman–Crippen MR) is 55.9 cm³/mol. The van der Waals surface area contributed by atoms with Gasteiger partial charge in [0.25, 0.3) is 0 Å². The molecular formula is C11H22N2. The molecule has 1 spiro atoms. The Morgan fingerprint density at radius 3 is 2.46 bits per heavy atom. The third kappa shape index (κ3) is 1.89. The molecule has 0 saturated carbocycles. The van der Waals surface area contributed by atoms with Crippen LogP contribution in [-0.4, -0.2) is 36.1 Å². The molecule has 2 nitrogen and oxygen atoms in total. The van der Waals surface area contributed by atoms with Crippen LogP contribution in [0.2, 0.25) is 0 Å². The zero-order valence-electron chi connectivity index (χ0n) is 8.97. The van der Waals surface area contributed by atoms with Crippen molar-refractivity contribution in [3.8, 4) is 0 Å². The van der Waals surface area contributed by atoms with Gasteiger partial charge in [0.15, 0.2) is 0 Å². The number of nitrogens with one attached hydrogen (secondary N) is 1. The first kappa shape index (κ1) is 9.47. The minimum atomic E-state index is 0.559. The maximum absolute atomic E-state index is 3.63. The van der Waals surface area contributed by atoms with Gasteiger partial charge in [-0.1, -0.05) is 0 Å². The van der Waals surface area contributed by atoms with E-state index >= 15 is 0 Å². The lowest BCUT2D eigenvalue weighted by Gasteiger charge is -2.43. The highest BCUT2D eigenvalue weighted by Crippen LogP contribution is 2.31. The van der Waals surface area contributed by atoms with E-state index in [2.05, 4.69) is 24.1 Å². The molecule has 76 valence electrons. The van der Waals surface area contributed by atoms with Crippen molar-refractivity contribution in [1.82, 2.24) is 10.2 Å². The first-order valence-electron chi connectivity index (χ1n) is 5.71. The summed E-state index contributed by atoms with van der Waals surface area (Å²) in [5, 5.41) is 3.63. The Labute approximate surface area is 81.7 Å². The van der Waals surface area contributed by atoms with Crippen LogP contribution in [-0.2, 0) is 0 Å². The summed E-state index contributed by atoms with van der Waals surface area (Å²) in [5.41, 5.74) is 0.559. The van der Waals surface area contributed by atoms with Gasteiger partial charge in [0.2, 0.25) is 0 Å². The van der Waals surface area contributed by atoms with Gasteiger partial charge in [0, 0.05) is 18.1 Å². The van der Waals surface area contributed by atoms with E-state index in [4.69, 9.17) is 0 Å². The van der Waals surface area contributed by atoms with Gasteiger partial charge in [0.1, 0.15) is 0 Å². The third-order valence-corrected chi connectivity index (χ3v) is 3.81. The van der Waals surface area contributed by atoms with Crippen molar-refractivity contribution in [1.29, 1.82) is 0 Å². The average molecular weight is 182 g/mol. The number of rotatable bonds is 1. The lowest BCUT2D eigenvalue weighted by atomic mass is 9.81. The van der Waals surface area contributed by atoms with E-state index in [0.29, 0.717) is 5.54 Å². The second kappa shape index (κ2) is 3.58. The maximum Gasteiger partial charge on any atom is 0.0206 e. The molecule has 0 aromatic rings. The zero-order valence-corrected chi connectivity index (χ0v) is 8.97. The highest BCUT2D eigenvalue weighted by Gasteiger charge is 2.37. The average Bonchev–Trinajstić information content (AvgIpc) is 2.24. The molecule has 0 aromatic carbocycles. The minimum absolute atomic E-state index is 0.559. The molecule has 1 atom stereocenters. The summed E-state index contributed by atoms with van der Waals surface area (Å²) in [7, 11) is 0. The molecule has 0 bridgehead atoms. The van der Waals surface area contributed by atoms with E-state index in [0.717, 1.165) is 6.04 Å². The summed E-state index contributed by atoms with van der Waals surface area (Å²) < 4.78 is 0. The van der Waals surface area contributed by atoms with Crippen LogP contribution in [0.15, 0.2) is 0 Å². The van der Waals surface area contributed by atoms with E-state index in [1.807, 2.05) is 0 Å². The second-order valence-electron chi connectivity index (χ2n) is 4.94. The van der Waals surface area contributed by atoms with Crippen molar-refractivity contribution >= 4 is 0 Å². The first-order valence-corrected chi connectivity index (χ1v) is 5.71. The van der Waals surface area contributed by atoms with Crippen molar-refractivity contribution in [3.05, 3.63) is 0 Å². The van der Waals surface area contributed by atoms with Gasteiger partial charge < -0.3 is 10.2 Å². The molecule has 2 saturated heterocycles. The third-order valence-electron chi connectivity index (χ3n) is 3.81. The molecule has 2 heterocycles. The standard InChI is InChI=1S/C11H22N2/c1-10(2)13-8-3-4-11(6-9-13)5-7-12-11/h10,12H,3-9H2,1-2H3/t11-/m1/s1. The fraction of sp³-hybridized carbons (Fsp3) is 1.00. The van der Waals surface area contributed by atoms with Crippen LogP contribution >= 0.6 is 0 Å². The van der Waals surface area contributed by atoms with E-state index in [-0.39, 0.29) is 0 Å². The van der Waals surface area contributed by atoms with Crippen LogP contribution in [0.5, 0.6) is 0 Å². The van der Waals surface area contributed by atoms with Crippen molar-refractivity contribution in [2.45, 2.75) is 51.1 Å². The minimum Gasteiger partial charge on any atom is -0.311 e. The molecule has 2 aliphatic heterocycles. The summed E-state index contributed by atoms with van der Waals surface area (Å²) >= 11 is 0. The van der Waals surface area contributed by atoms with E-state index in [1.165, 1.54) is 45.3 Å². The summed E-state index contributed by atoms with van der Waals surface area (Å²) in [4.78, 5) is 2.62. The van der Waals surface area contributed by atoms with Crippen LogP contribution in [0.25, 0.3) is 0 Å². The monoisotopic (exact) mass is 182 g/mol. The van der Waals surface area contributed by atoms with Gasteiger partial charge in [-0.25, -0.2) is 0 Å². The highest BCUT2D eigenvalue weighted by atomic mass is 15.2. The molecule has 0 amide bonds. The molecule has 0 aromatic heterocycles. The van der Waals surface area contributed by atoms with Gasteiger partial charge in [-0.3, -0.25) is 0 Å². The van der Waals surface area contributed by atoms with E-state index < -0.39 is 0 Å². The Kier molecular flexibility index (Phi) is 2.61. The molecule has 2 fully saturated rings. The van der Waals surface area contributed by atoms with Gasteiger partial charge in [-0.05, 0) is 52.6 Å². The number of nitrogens with zero attached hydrogens (tertiary/aromatic N) is 1. The smallest absolute Gasteiger partial charge is 0.0206 e. The van der Waals surface area contributed by atoms with Crippen LogP contribution in [0.1, 0.15) is 39.5 Å². The number of hydrogen-bond acceptors (Lipinski definition) is 2. The summed E-state index contributed by atoms with van der Waals surface area (Å²) in [6, 6.07) is 0.732. The van der Waals surface area contributed by atoms with Crippen LogP contribution in [0.3, 0.4) is 0 Å². The number of hydrogen-bond donors (Lipinski definition) is 1. The Bertz CT molecular complexity index is 173. The molecule has 1 N–H and O–H groups in total. The fourth-order valence-corrected chi connectivity index (χ4v) is 2.64. The highest BCUT2D eigenvalue weighted by molar-refractivity contribution is 4.98. The van der Waals surface area contributed by atoms with E-state index in [1.54, 1.807) is 0 Å². The fourth-order valence-electron chi connectivity index (χ4n) is 2.64. The number of likely N-dealkylation sites (tertiary alicyclic amines) is 1. The summed E-state index contributed by atoms with van der Waals surface area (Å²) in [5.74, 6) is 0. The Morgan fingerprint density at radius 2 is 1.92 bits per heavy atom. The van der Waals surface area contributed by atoms with Crippen molar-refractivity contribution < 1.29 is 0 Å². The Morgan fingerprint density at radius 1 is 1.15 bits per heavy atom. The van der Waals surface area contributed by atoms with Gasteiger partial charge in [0.05, 0.1) is 0 Å². The molecular weight excluding hydrogens is 160 g/mol. The lowest BCUT2D eigenvalue weighted by molar-refractivity contribution is 0.169. The van der Waals surface area contributed by atoms with Gasteiger partial charge >= 0.3 is 0 Å². The molecule has 2 aliphatic rings. The summed E-state index contributed by atoms with van der Waals surface area (Å²) in [6.07, 6.45) is 5.56. The molecule has 0 aliphatic carbocycles. The lowest BCUT2D eigenvalue weighted by Crippen LogP contribution is -2.57. The van der Waals surface area contributed by atoms with Gasteiger partial charge in [-0.15, -0.1) is 0 Å². The molecule has 2 heteroatoms. The SMILES string of the molecule is CC(C)N1CCC[C@@]2(CCN2)CC1. The Balaban J connectivity index is 1.90. The van der Waals surface area contributed by atoms with E-state index in [9.17, 15) is 0 Å². The predicted octanol–water partition coefficient (Wildman–Crippen LogP) is 1.61. The van der Waals surface area contributed by atoms with Crippen LogP contribution in [0, 0.1) is 0 Å². The maximum atomic E-state index is 3.63.